The van der Waals surface area contributed by atoms with Gasteiger partial charge in [0.2, 0.25) is 0 Å². The zero-order valence-electron chi connectivity index (χ0n) is 80.9. The molecule has 7 aliphatic rings. The average molecular weight is 1680 g/mol. The molecule has 0 heteroatoms. The number of fused-ring (bicyclic) bond motifs is 21. The molecule has 0 amide bonds. The fraction of sp³-hybridized carbons (Fsp3) is 0.349. The third-order valence-electron chi connectivity index (χ3n) is 33.5. The second-order valence-corrected chi connectivity index (χ2v) is 45.5. The Labute approximate surface area is 773 Å². The quantitative estimate of drug-likeness (QED) is 0.0566. The van der Waals surface area contributed by atoms with Crippen LogP contribution in [0.2, 0.25) is 0 Å². The summed E-state index contributed by atoms with van der Waals surface area (Å²) in [6.45, 7) is 49.1. The van der Waals surface area contributed by atoms with E-state index in [9.17, 15) is 0 Å². The monoisotopic (exact) mass is 1680 g/mol. The van der Waals surface area contributed by atoms with Crippen LogP contribution >= 0.6 is 0 Å². The molecule has 0 aromatic heterocycles. The molecule has 0 saturated carbocycles. The molecule has 0 unspecified atom stereocenters. The molecule has 650 valence electrons. The Bertz CT molecular complexity index is 6850. The van der Waals surface area contributed by atoms with Crippen molar-refractivity contribution in [2.75, 3.05) is 0 Å². The number of rotatable bonds is 24. The summed E-state index contributed by atoms with van der Waals surface area (Å²) in [4.78, 5) is 0. The van der Waals surface area contributed by atoms with Gasteiger partial charge in [-0.3, -0.25) is 0 Å². The van der Waals surface area contributed by atoms with Crippen molar-refractivity contribution in [3.63, 3.8) is 0 Å². The minimum Gasteiger partial charge on any atom is -0.0628 e. The Kier molecular flexibility index (Phi) is 20.5. The van der Waals surface area contributed by atoms with Gasteiger partial charge in [0.15, 0.2) is 0 Å². The predicted molar refractivity (Wildman–Crippen MR) is 552 cm³/mol. The summed E-state index contributed by atoms with van der Waals surface area (Å²) in [6.07, 6.45) is 13.8. The van der Waals surface area contributed by atoms with Crippen LogP contribution in [0, 0.1) is 35.5 Å². The molecule has 0 aliphatic heterocycles. The summed E-state index contributed by atoms with van der Waals surface area (Å²) in [7, 11) is 0. The van der Waals surface area contributed by atoms with Crippen LogP contribution in [0.5, 0.6) is 0 Å². The molecule has 14 aromatic carbocycles. The van der Waals surface area contributed by atoms with Crippen LogP contribution in [0.4, 0.5) is 0 Å². The maximum atomic E-state index is 2.73. The second-order valence-electron chi connectivity index (χ2n) is 45.5. The van der Waals surface area contributed by atoms with Gasteiger partial charge in [0.1, 0.15) is 0 Å². The van der Waals surface area contributed by atoms with E-state index in [1.807, 2.05) is 0 Å². The molecule has 0 N–H and O–H groups in total. The van der Waals surface area contributed by atoms with Crippen molar-refractivity contribution in [2.24, 2.45) is 35.5 Å². The van der Waals surface area contributed by atoms with Crippen LogP contribution in [-0.2, 0) is 37.9 Å². The largest absolute Gasteiger partial charge is 0.0628 e. The van der Waals surface area contributed by atoms with E-state index in [1.165, 1.54) is 244 Å². The molecular formula is C129H134. The summed E-state index contributed by atoms with van der Waals surface area (Å²) in [6, 6.07) is 109. The molecule has 0 fully saturated rings. The molecule has 0 radical (unpaired) electrons. The highest BCUT2D eigenvalue weighted by Crippen LogP contribution is 2.65. The van der Waals surface area contributed by atoms with E-state index in [2.05, 4.69) is 405 Å². The SMILES string of the molecule is CC(C)CCC1(CCC(C)C)c2ccccc2-c2ccc(-c3ccc4c(c3)C(CCC(C)C)(CCC(C)C)c3cc(-c5ccc6c(c5)C(CCC(C)C)(CCC(C)C)c5cc(-c7cc(-c8ccc9c(c8)C(C)(C)c8ccccc8-9)c8c(c7)C(C)(C)c7cc(-c9ccc%10c(c9)C(C)(C)c9ccccc9-%10)cc(-c9ccc%10c(c9)C(C)(C)c9ccccc9-%10)c7-8)ccc5-6)ccc3-4)cc21. The lowest BCUT2D eigenvalue weighted by molar-refractivity contribution is 0.364. The molecule has 0 spiro atoms. The van der Waals surface area contributed by atoms with Crippen molar-refractivity contribution in [3.8, 4) is 145 Å². The van der Waals surface area contributed by atoms with Crippen molar-refractivity contribution in [1.82, 2.24) is 0 Å². The van der Waals surface area contributed by atoms with Crippen LogP contribution in [0.25, 0.3) is 145 Å². The summed E-state index contributed by atoms with van der Waals surface area (Å²) in [5, 5.41) is 0. The van der Waals surface area contributed by atoms with E-state index in [0.717, 1.165) is 38.5 Å². The van der Waals surface area contributed by atoms with Crippen LogP contribution in [-0.4, -0.2) is 0 Å². The van der Waals surface area contributed by atoms with E-state index >= 15 is 0 Å². The Hall–Kier alpha value is -10.9. The summed E-state index contributed by atoms with van der Waals surface area (Å²) in [5.74, 6) is 3.48. The van der Waals surface area contributed by atoms with E-state index in [1.54, 1.807) is 16.7 Å². The molecule has 0 saturated heterocycles. The van der Waals surface area contributed by atoms with Gasteiger partial charge in [-0.05, 0) is 408 Å². The van der Waals surface area contributed by atoms with Crippen LogP contribution < -0.4 is 0 Å². The molecule has 14 aromatic rings. The van der Waals surface area contributed by atoms with Gasteiger partial charge in [0.05, 0.1) is 0 Å². The fourth-order valence-electron chi connectivity index (χ4n) is 25.9. The van der Waals surface area contributed by atoms with Gasteiger partial charge in [-0.15, -0.1) is 0 Å². The second kappa shape index (κ2) is 31.1. The Morgan fingerprint density at radius 2 is 0.333 bits per heavy atom. The highest BCUT2D eigenvalue weighted by atomic mass is 14.5. The first-order valence-electron chi connectivity index (χ1n) is 49.8. The maximum Gasteiger partial charge on any atom is 0.0215 e. The first-order valence-corrected chi connectivity index (χ1v) is 49.8. The Morgan fingerprint density at radius 3 is 0.597 bits per heavy atom. The molecule has 0 bridgehead atoms. The summed E-state index contributed by atoms with van der Waals surface area (Å²) >= 11 is 0. The van der Waals surface area contributed by atoms with Gasteiger partial charge in [-0.2, -0.15) is 0 Å². The topological polar surface area (TPSA) is 0 Å². The summed E-state index contributed by atoms with van der Waals surface area (Å²) in [5.41, 5.74) is 54.2. The molecular weight excluding hydrogens is 1550 g/mol. The van der Waals surface area contributed by atoms with Gasteiger partial charge in [-0.25, -0.2) is 0 Å². The van der Waals surface area contributed by atoms with Gasteiger partial charge in [0.25, 0.3) is 0 Å². The van der Waals surface area contributed by atoms with Crippen molar-refractivity contribution < 1.29 is 0 Å². The molecule has 129 heavy (non-hydrogen) atoms. The van der Waals surface area contributed by atoms with Gasteiger partial charge in [-0.1, -0.05) is 333 Å². The third-order valence-corrected chi connectivity index (χ3v) is 33.5. The maximum absolute atomic E-state index is 2.73. The Morgan fingerprint density at radius 1 is 0.155 bits per heavy atom. The molecule has 7 aliphatic carbocycles. The highest BCUT2D eigenvalue weighted by molar-refractivity contribution is 6.05. The molecule has 21 rings (SSSR count). The number of hydrogen-bond acceptors (Lipinski definition) is 0. The third kappa shape index (κ3) is 13.3. The first kappa shape index (κ1) is 84.9. The lowest BCUT2D eigenvalue weighted by atomic mass is 9.68. The lowest BCUT2D eigenvalue weighted by Crippen LogP contribution is -2.27. The van der Waals surface area contributed by atoms with Crippen molar-refractivity contribution in [3.05, 3.63) is 345 Å². The minimum absolute atomic E-state index is 0.00739. The van der Waals surface area contributed by atoms with E-state index in [-0.39, 0.29) is 32.5 Å². The molecule has 0 heterocycles. The predicted octanol–water partition coefficient (Wildman–Crippen LogP) is 36.3. The molecule has 0 nitrogen and oxygen atoms in total. The first-order chi connectivity index (χ1) is 61.8. The summed E-state index contributed by atoms with van der Waals surface area (Å²) < 4.78 is 0. The van der Waals surface area contributed by atoms with Crippen molar-refractivity contribution in [2.45, 2.75) is 253 Å². The number of benzene rings is 14. The molecule has 0 atom stereocenters. The van der Waals surface area contributed by atoms with E-state index in [0.29, 0.717) is 35.5 Å². The van der Waals surface area contributed by atoms with Crippen LogP contribution in [0.15, 0.2) is 267 Å². The van der Waals surface area contributed by atoms with Gasteiger partial charge < -0.3 is 0 Å². The zero-order valence-corrected chi connectivity index (χ0v) is 80.9. The lowest BCUT2D eigenvalue weighted by Gasteiger charge is -2.35. The van der Waals surface area contributed by atoms with Crippen molar-refractivity contribution in [1.29, 1.82) is 0 Å². The van der Waals surface area contributed by atoms with Crippen LogP contribution in [0.1, 0.15) is 293 Å². The zero-order chi connectivity index (χ0) is 89.7. The van der Waals surface area contributed by atoms with E-state index in [4.69, 9.17) is 0 Å². The van der Waals surface area contributed by atoms with E-state index < -0.39 is 5.41 Å². The number of hydrogen-bond donors (Lipinski definition) is 0. The smallest absolute Gasteiger partial charge is 0.0215 e. The van der Waals surface area contributed by atoms with Gasteiger partial charge >= 0.3 is 0 Å². The highest BCUT2D eigenvalue weighted by Gasteiger charge is 2.50. The van der Waals surface area contributed by atoms with Gasteiger partial charge in [0, 0.05) is 37.9 Å². The van der Waals surface area contributed by atoms with Crippen molar-refractivity contribution >= 4 is 0 Å². The average Bonchev–Trinajstić information content (AvgIpc) is 1.53. The van der Waals surface area contributed by atoms with Crippen LogP contribution in [0.3, 0.4) is 0 Å². The minimum atomic E-state index is -0.414. The Balaban J connectivity index is 0.720. The standard InChI is InChI=1S/C129H134/c1-77(2)53-59-127(60-54-78(3)4)110-36-28-24-32-96(110)100-46-37-83(68-114(100)127)84-38-47-101-102-48-39-85(70-116(102)128(115(101)69-84,61-55-79(5)6)62-56-80(7)8)86-40-49-103-104-50-42-88(72-118(104)129(117(103)71-86,63-57-81(9)10)64-58-82(11)12)92-66-106(90-44-52-99-95-31-23-27-35-109(95)125(17,18)113(99)74-90)122-120(76-92)126(19,20)119-75-91(87-41-45-97-93-29-21-25-33-107(93)123(13,14)111(97)67-87)65-105(121(119)122)89-43-51-98-94-30-22-26-34-108(94)124(15,16)112(98)73-89/h21-52,65-82H,53-64H2,1-20H3. The normalized spacial score (nSPS) is 16.4. The fourth-order valence-corrected chi connectivity index (χ4v) is 25.9.